The highest BCUT2D eigenvalue weighted by Gasteiger charge is 2.27. The minimum absolute atomic E-state index is 0.709. The van der Waals surface area contributed by atoms with Crippen LogP contribution >= 0.6 is 0 Å². The number of aromatic nitrogens is 2. The van der Waals surface area contributed by atoms with Gasteiger partial charge in [-0.2, -0.15) is 0 Å². The van der Waals surface area contributed by atoms with Crippen LogP contribution in [0.25, 0.3) is 6.08 Å². The quantitative estimate of drug-likeness (QED) is 0.713. The van der Waals surface area contributed by atoms with Gasteiger partial charge in [0.2, 0.25) is 0 Å². The third-order valence-electron chi connectivity index (χ3n) is 2.72. The molecule has 0 radical (unpaired) electrons. The molecule has 2 nitrogen and oxygen atoms in total. The van der Waals surface area contributed by atoms with E-state index in [0.29, 0.717) is 5.92 Å². The zero-order valence-corrected chi connectivity index (χ0v) is 9.04. The number of aryl methyl sites for hydroxylation is 1. The Labute approximate surface area is 85.1 Å². The van der Waals surface area contributed by atoms with Crippen molar-refractivity contribution in [1.29, 1.82) is 0 Å². The lowest BCUT2D eigenvalue weighted by Gasteiger charge is -2.07. The van der Waals surface area contributed by atoms with Crippen LogP contribution in [0.4, 0.5) is 0 Å². The third-order valence-corrected chi connectivity index (χ3v) is 2.72. The molecule has 1 aliphatic carbocycles. The molecule has 14 heavy (non-hydrogen) atoms. The van der Waals surface area contributed by atoms with Gasteiger partial charge in [-0.25, -0.2) is 9.97 Å². The molecule has 74 valence electrons. The van der Waals surface area contributed by atoms with E-state index < -0.39 is 0 Å². The number of allylic oxidation sites excluding steroid dienone is 1. The SMILES string of the molecule is CC=Cc1nc(C)c(C)c(C2CC2)n1. The maximum Gasteiger partial charge on any atom is 0.152 e. The average molecular weight is 188 g/mol. The first kappa shape index (κ1) is 9.38. The van der Waals surface area contributed by atoms with Crippen molar-refractivity contribution in [3.8, 4) is 0 Å². The highest BCUT2D eigenvalue weighted by molar-refractivity contribution is 5.42. The molecule has 0 aromatic carbocycles. The standard InChI is InChI=1S/C12H16N2/c1-4-5-11-13-9(3)8(2)12(14-11)10-6-7-10/h4-5,10H,6-7H2,1-3H3. The van der Waals surface area contributed by atoms with Crippen LogP contribution in [0.1, 0.15) is 48.5 Å². The number of hydrogen-bond acceptors (Lipinski definition) is 2. The molecule has 0 N–H and O–H groups in total. The molecule has 0 amide bonds. The van der Waals surface area contributed by atoms with Gasteiger partial charge in [-0.3, -0.25) is 0 Å². The fraction of sp³-hybridized carbons (Fsp3) is 0.500. The van der Waals surface area contributed by atoms with Crippen LogP contribution < -0.4 is 0 Å². The smallest absolute Gasteiger partial charge is 0.152 e. The first-order valence-electron chi connectivity index (χ1n) is 5.20. The Hall–Kier alpha value is -1.18. The molecule has 1 heterocycles. The van der Waals surface area contributed by atoms with Crippen LogP contribution in [-0.2, 0) is 0 Å². The summed E-state index contributed by atoms with van der Waals surface area (Å²) < 4.78 is 0. The normalized spacial score (nSPS) is 16.5. The summed E-state index contributed by atoms with van der Waals surface area (Å²) >= 11 is 0. The molecular weight excluding hydrogens is 172 g/mol. The van der Waals surface area contributed by atoms with Crippen LogP contribution in [0, 0.1) is 13.8 Å². The predicted molar refractivity (Wildman–Crippen MR) is 58.2 cm³/mol. The van der Waals surface area contributed by atoms with Crippen molar-refractivity contribution in [2.24, 2.45) is 0 Å². The van der Waals surface area contributed by atoms with E-state index in [9.17, 15) is 0 Å². The molecular formula is C12H16N2. The summed E-state index contributed by atoms with van der Waals surface area (Å²) in [4.78, 5) is 9.02. The predicted octanol–water partition coefficient (Wildman–Crippen LogP) is 3.00. The molecule has 0 saturated heterocycles. The van der Waals surface area contributed by atoms with E-state index >= 15 is 0 Å². The molecule has 1 aromatic rings. The second kappa shape index (κ2) is 3.52. The summed E-state index contributed by atoms with van der Waals surface area (Å²) in [7, 11) is 0. The number of nitrogens with zero attached hydrogens (tertiary/aromatic N) is 2. The molecule has 1 saturated carbocycles. The zero-order chi connectivity index (χ0) is 10.1. The first-order valence-corrected chi connectivity index (χ1v) is 5.20. The Morgan fingerprint density at radius 3 is 2.50 bits per heavy atom. The van der Waals surface area contributed by atoms with Gasteiger partial charge in [0.15, 0.2) is 5.82 Å². The molecule has 1 fully saturated rings. The molecule has 0 aliphatic heterocycles. The summed E-state index contributed by atoms with van der Waals surface area (Å²) in [6.07, 6.45) is 6.55. The van der Waals surface area contributed by atoms with Crippen molar-refractivity contribution in [3.63, 3.8) is 0 Å². The Kier molecular flexibility index (Phi) is 2.36. The van der Waals surface area contributed by atoms with Crippen molar-refractivity contribution >= 4 is 6.08 Å². The number of hydrogen-bond donors (Lipinski definition) is 0. The van der Waals surface area contributed by atoms with Crippen LogP contribution in [-0.4, -0.2) is 9.97 Å². The van der Waals surface area contributed by atoms with Gasteiger partial charge in [-0.05, 0) is 45.3 Å². The molecule has 0 bridgehead atoms. The van der Waals surface area contributed by atoms with Gasteiger partial charge in [0.05, 0.1) is 5.69 Å². The fourth-order valence-electron chi connectivity index (χ4n) is 1.65. The van der Waals surface area contributed by atoms with E-state index in [0.717, 1.165) is 11.5 Å². The molecule has 0 spiro atoms. The maximum absolute atomic E-state index is 4.59. The minimum atomic E-state index is 0.709. The highest BCUT2D eigenvalue weighted by atomic mass is 14.9. The monoisotopic (exact) mass is 188 g/mol. The molecule has 0 atom stereocenters. The van der Waals surface area contributed by atoms with Crippen molar-refractivity contribution < 1.29 is 0 Å². The lowest BCUT2D eigenvalue weighted by molar-refractivity contribution is 0.923. The van der Waals surface area contributed by atoms with Crippen LogP contribution in [0.2, 0.25) is 0 Å². The fourth-order valence-corrected chi connectivity index (χ4v) is 1.65. The van der Waals surface area contributed by atoms with Gasteiger partial charge in [-0.15, -0.1) is 0 Å². The Morgan fingerprint density at radius 2 is 1.93 bits per heavy atom. The van der Waals surface area contributed by atoms with Gasteiger partial charge in [0, 0.05) is 11.6 Å². The van der Waals surface area contributed by atoms with E-state index in [2.05, 4.69) is 23.8 Å². The summed E-state index contributed by atoms with van der Waals surface area (Å²) in [5, 5.41) is 0. The second-order valence-corrected chi connectivity index (χ2v) is 3.95. The Balaban J connectivity index is 2.46. The van der Waals surface area contributed by atoms with Crippen molar-refractivity contribution in [3.05, 3.63) is 28.9 Å². The van der Waals surface area contributed by atoms with E-state index in [1.807, 2.05) is 19.1 Å². The maximum atomic E-state index is 4.59. The second-order valence-electron chi connectivity index (χ2n) is 3.95. The lowest BCUT2D eigenvalue weighted by Crippen LogP contribution is -2.01. The van der Waals surface area contributed by atoms with E-state index in [1.165, 1.54) is 24.1 Å². The number of rotatable bonds is 2. The summed E-state index contributed by atoms with van der Waals surface area (Å²) in [6, 6.07) is 0. The van der Waals surface area contributed by atoms with Crippen LogP contribution in [0.5, 0.6) is 0 Å². The van der Waals surface area contributed by atoms with Gasteiger partial charge in [0.25, 0.3) is 0 Å². The van der Waals surface area contributed by atoms with Gasteiger partial charge < -0.3 is 0 Å². The Bertz CT molecular complexity index is 376. The van der Waals surface area contributed by atoms with E-state index in [1.54, 1.807) is 0 Å². The summed E-state index contributed by atoms with van der Waals surface area (Å²) in [5.41, 5.74) is 3.67. The largest absolute Gasteiger partial charge is 0.234 e. The van der Waals surface area contributed by atoms with Crippen molar-refractivity contribution in [2.75, 3.05) is 0 Å². The zero-order valence-electron chi connectivity index (χ0n) is 9.04. The molecule has 2 rings (SSSR count). The third kappa shape index (κ3) is 1.69. The van der Waals surface area contributed by atoms with Gasteiger partial charge >= 0.3 is 0 Å². The Morgan fingerprint density at radius 1 is 1.21 bits per heavy atom. The van der Waals surface area contributed by atoms with E-state index in [4.69, 9.17) is 0 Å². The average Bonchev–Trinajstić information content (AvgIpc) is 2.94. The molecule has 1 aromatic heterocycles. The van der Waals surface area contributed by atoms with Crippen molar-refractivity contribution in [1.82, 2.24) is 9.97 Å². The lowest BCUT2D eigenvalue weighted by atomic mass is 10.1. The topological polar surface area (TPSA) is 25.8 Å². The minimum Gasteiger partial charge on any atom is -0.234 e. The molecule has 0 unspecified atom stereocenters. The first-order chi connectivity index (χ1) is 6.72. The van der Waals surface area contributed by atoms with Crippen LogP contribution in [0.15, 0.2) is 6.08 Å². The van der Waals surface area contributed by atoms with Gasteiger partial charge in [-0.1, -0.05) is 6.08 Å². The summed E-state index contributed by atoms with van der Waals surface area (Å²) in [6.45, 7) is 6.19. The molecule has 2 heteroatoms. The van der Waals surface area contributed by atoms with Crippen molar-refractivity contribution in [2.45, 2.75) is 39.5 Å². The van der Waals surface area contributed by atoms with E-state index in [-0.39, 0.29) is 0 Å². The summed E-state index contributed by atoms with van der Waals surface area (Å²) in [5.74, 6) is 1.57. The molecule has 1 aliphatic rings. The van der Waals surface area contributed by atoms with Crippen LogP contribution in [0.3, 0.4) is 0 Å². The highest BCUT2D eigenvalue weighted by Crippen LogP contribution is 2.40. The van der Waals surface area contributed by atoms with Gasteiger partial charge in [0.1, 0.15) is 0 Å².